The molecule has 0 atom stereocenters. The van der Waals surface area contributed by atoms with Crippen LogP contribution >= 0.6 is 22.9 Å². The van der Waals surface area contributed by atoms with Gasteiger partial charge in [-0.25, -0.2) is 4.98 Å². The Morgan fingerprint density at radius 2 is 2.04 bits per heavy atom. The molecule has 0 unspecified atom stereocenters. The smallest absolute Gasteiger partial charge is 0.326 e. The zero-order valence-corrected chi connectivity index (χ0v) is 16.2. The fraction of sp³-hybridized carbons (Fsp3) is 0.222. The Morgan fingerprint density at radius 1 is 1.30 bits per heavy atom. The average Bonchev–Trinajstić information content (AvgIpc) is 2.92. The van der Waals surface area contributed by atoms with Gasteiger partial charge in [0.25, 0.3) is 11.5 Å². The van der Waals surface area contributed by atoms with Gasteiger partial charge in [0, 0.05) is 4.88 Å². The first-order valence-electron chi connectivity index (χ1n) is 8.02. The zero-order valence-electron chi connectivity index (χ0n) is 14.6. The zero-order chi connectivity index (χ0) is 19.6. The summed E-state index contributed by atoms with van der Waals surface area (Å²) >= 11 is 7.38. The van der Waals surface area contributed by atoms with Gasteiger partial charge in [0.1, 0.15) is 11.4 Å². The Balaban J connectivity index is 1.63. The van der Waals surface area contributed by atoms with Gasteiger partial charge in [-0.15, -0.1) is 11.3 Å². The molecule has 7 nitrogen and oxygen atoms in total. The van der Waals surface area contributed by atoms with Crippen molar-refractivity contribution in [1.29, 1.82) is 0 Å². The van der Waals surface area contributed by atoms with Crippen molar-refractivity contribution in [2.45, 2.75) is 20.4 Å². The minimum atomic E-state index is -0.711. The number of carbonyl (C=O) groups excluding carboxylic acids is 2. The van der Waals surface area contributed by atoms with Crippen molar-refractivity contribution in [3.05, 3.63) is 56.4 Å². The van der Waals surface area contributed by atoms with E-state index in [1.165, 1.54) is 22.2 Å². The van der Waals surface area contributed by atoms with E-state index < -0.39 is 18.5 Å². The molecule has 1 amide bonds. The van der Waals surface area contributed by atoms with E-state index >= 15 is 0 Å². The van der Waals surface area contributed by atoms with Crippen molar-refractivity contribution >= 4 is 50.7 Å². The van der Waals surface area contributed by atoms with E-state index in [9.17, 15) is 14.4 Å². The van der Waals surface area contributed by atoms with Gasteiger partial charge < -0.3 is 10.1 Å². The summed E-state index contributed by atoms with van der Waals surface area (Å²) in [5, 5.41) is 3.43. The van der Waals surface area contributed by atoms with Gasteiger partial charge in [0.05, 0.1) is 22.4 Å². The van der Waals surface area contributed by atoms with E-state index in [0.717, 1.165) is 10.4 Å². The van der Waals surface area contributed by atoms with Crippen molar-refractivity contribution in [1.82, 2.24) is 9.55 Å². The van der Waals surface area contributed by atoms with Crippen LogP contribution in [0.15, 0.2) is 35.4 Å². The average molecular weight is 406 g/mol. The Kier molecular flexibility index (Phi) is 5.57. The van der Waals surface area contributed by atoms with Crippen LogP contribution in [0.3, 0.4) is 0 Å². The number of hydrogen-bond donors (Lipinski definition) is 1. The number of ether oxygens (including phenoxy) is 1. The van der Waals surface area contributed by atoms with Crippen LogP contribution in [0, 0.1) is 13.8 Å². The molecule has 0 saturated carbocycles. The van der Waals surface area contributed by atoms with Crippen LogP contribution in [0.4, 0.5) is 5.69 Å². The predicted octanol–water partition coefficient (Wildman–Crippen LogP) is 2.91. The molecule has 0 saturated heterocycles. The normalized spacial score (nSPS) is 10.8. The third-order valence-corrected chi connectivity index (χ3v) is 5.41. The highest BCUT2D eigenvalue weighted by Gasteiger charge is 2.15. The maximum atomic E-state index is 12.5. The summed E-state index contributed by atoms with van der Waals surface area (Å²) in [5.74, 6) is -1.24. The summed E-state index contributed by atoms with van der Waals surface area (Å²) in [6, 6.07) is 6.72. The maximum Gasteiger partial charge on any atom is 0.326 e. The maximum absolute atomic E-state index is 12.5. The monoisotopic (exact) mass is 405 g/mol. The number of para-hydroxylation sites is 1. The molecule has 2 aromatic heterocycles. The molecular formula is C18H16ClN3O4S. The van der Waals surface area contributed by atoms with Crippen LogP contribution in [0.25, 0.3) is 10.2 Å². The van der Waals surface area contributed by atoms with E-state index in [0.29, 0.717) is 20.9 Å². The molecule has 1 aromatic carbocycles. The third kappa shape index (κ3) is 4.17. The van der Waals surface area contributed by atoms with Crippen LogP contribution in [-0.4, -0.2) is 28.0 Å². The molecule has 9 heteroatoms. The van der Waals surface area contributed by atoms with Gasteiger partial charge in [-0.05, 0) is 31.5 Å². The van der Waals surface area contributed by atoms with Crippen LogP contribution < -0.4 is 10.9 Å². The molecule has 0 aliphatic carbocycles. The molecule has 140 valence electrons. The van der Waals surface area contributed by atoms with Crippen molar-refractivity contribution < 1.29 is 14.3 Å². The van der Waals surface area contributed by atoms with Crippen molar-refractivity contribution in [2.75, 3.05) is 11.9 Å². The van der Waals surface area contributed by atoms with Crippen LogP contribution in [-0.2, 0) is 20.9 Å². The number of fused-ring (bicyclic) bond motifs is 1. The number of hydrogen-bond acceptors (Lipinski definition) is 6. The number of benzene rings is 1. The first-order valence-corrected chi connectivity index (χ1v) is 9.21. The fourth-order valence-electron chi connectivity index (χ4n) is 2.46. The first-order chi connectivity index (χ1) is 12.9. The molecule has 3 rings (SSSR count). The second kappa shape index (κ2) is 7.89. The number of nitrogens with one attached hydrogen (secondary N) is 1. The van der Waals surface area contributed by atoms with Gasteiger partial charge >= 0.3 is 5.97 Å². The lowest BCUT2D eigenvalue weighted by Crippen LogP contribution is -2.28. The SMILES string of the molecule is Cc1sc2ncn(CC(=O)OCC(=O)Nc3ccccc3Cl)c(=O)c2c1C. The lowest BCUT2D eigenvalue weighted by molar-refractivity contribution is -0.147. The Hall–Kier alpha value is -2.71. The van der Waals surface area contributed by atoms with Crippen molar-refractivity contribution in [3.8, 4) is 0 Å². The number of aromatic nitrogens is 2. The van der Waals surface area contributed by atoms with Crippen molar-refractivity contribution in [3.63, 3.8) is 0 Å². The summed E-state index contributed by atoms with van der Waals surface area (Å²) in [7, 11) is 0. The highest BCUT2D eigenvalue weighted by Crippen LogP contribution is 2.25. The number of anilines is 1. The second-order valence-corrected chi connectivity index (χ2v) is 7.44. The third-order valence-electron chi connectivity index (χ3n) is 3.97. The topological polar surface area (TPSA) is 90.3 Å². The van der Waals surface area contributed by atoms with Crippen LogP contribution in [0.1, 0.15) is 10.4 Å². The van der Waals surface area contributed by atoms with Gasteiger partial charge in [-0.1, -0.05) is 23.7 Å². The van der Waals surface area contributed by atoms with E-state index in [2.05, 4.69) is 10.3 Å². The second-order valence-electron chi connectivity index (χ2n) is 5.83. The number of halogens is 1. The summed E-state index contributed by atoms with van der Waals surface area (Å²) in [6.07, 6.45) is 1.31. The molecule has 27 heavy (non-hydrogen) atoms. The van der Waals surface area contributed by atoms with E-state index in [-0.39, 0.29) is 12.1 Å². The summed E-state index contributed by atoms with van der Waals surface area (Å²) < 4.78 is 6.12. The van der Waals surface area contributed by atoms with E-state index in [4.69, 9.17) is 16.3 Å². The van der Waals surface area contributed by atoms with Crippen LogP contribution in [0.5, 0.6) is 0 Å². The minimum absolute atomic E-state index is 0.306. The minimum Gasteiger partial charge on any atom is -0.454 e. The number of aryl methyl sites for hydroxylation is 2. The van der Waals surface area contributed by atoms with Gasteiger partial charge in [-0.3, -0.25) is 19.0 Å². The molecule has 0 spiro atoms. The summed E-state index contributed by atoms with van der Waals surface area (Å²) in [4.78, 5) is 42.3. The number of amides is 1. The largest absolute Gasteiger partial charge is 0.454 e. The van der Waals surface area contributed by atoms with E-state index in [1.54, 1.807) is 24.3 Å². The van der Waals surface area contributed by atoms with Gasteiger partial charge in [0.2, 0.25) is 0 Å². The lowest BCUT2D eigenvalue weighted by Gasteiger charge is -2.08. The van der Waals surface area contributed by atoms with Gasteiger partial charge in [0.15, 0.2) is 6.61 Å². The molecule has 2 heterocycles. The molecule has 0 bridgehead atoms. The predicted molar refractivity (Wildman–Crippen MR) is 104 cm³/mol. The quantitative estimate of drug-likeness (QED) is 0.659. The number of nitrogens with zero attached hydrogens (tertiary/aromatic N) is 2. The molecular weight excluding hydrogens is 390 g/mol. The lowest BCUT2D eigenvalue weighted by atomic mass is 10.2. The number of esters is 1. The molecule has 0 radical (unpaired) electrons. The number of rotatable bonds is 5. The highest BCUT2D eigenvalue weighted by molar-refractivity contribution is 7.18. The Labute approximate surface area is 163 Å². The molecule has 1 N–H and O–H groups in total. The van der Waals surface area contributed by atoms with Crippen molar-refractivity contribution in [2.24, 2.45) is 0 Å². The standard InChI is InChI=1S/C18H16ClN3O4S/c1-10-11(2)27-17-16(10)18(25)22(9-20-17)7-15(24)26-8-14(23)21-13-6-4-3-5-12(13)19/h3-6,9H,7-8H2,1-2H3,(H,21,23). The molecule has 0 aliphatic rings. The Morgan fingerprint density at radius 3 is 2.78 bits per heavy atom. The molecule has 0 fully saturated rings. The van der Waals surface area contributed by atoms with E-state index in [1.807, 2.05) is 13.8 Å². The Bertz CT molecular complexity index is 1090. The van der Waals surface area contributed by atoms with Gasteiger partial charge in [-0.2, -0.15) is 0 Å². The first kappa shape index (κ1) is 19.1. The molecule has 0 aliphatic heterocycles. The number of carbonyl (C=O) groups is 2. The molecule has 3 aromatic rings. The summed E-state index contributed by atoms with van der Waals surface area (Å²) in [5.41, 5.74) is 0.975. The highest BCUT2D eigenvalue weighted by atomic mass is 35.5. The van der Waals surface area contributed by atoms with Crippen LogP contribution in [0.2, 0.25) is 5.02 Å². The number of thiophene rings is 1. The summed E-state index contributed by atoms with van der Waals surface area (Å²) in [6.45, 7) is 2.96. The fourth-order valence-corrected chi connectivity index (χ4v) is 3.63.